The highest BCUT2D eigenvalue weighted by Gasteiger charge is 2.36. The molecule has 2 aliphatic rings. The SMILES string of the molecule is CCOc1cc2c(cc1OC)C(c1ccc(C(=O)NC(=N)N(CCOC)CCOC)cc1)=N[C@@H]1CCN(C)C[C@H]21. The number of nitrogens with one attached hydrogen (secondary N) is 2. The molecule has 1 saturated heterocycles. The van der Waals surface area contributed by atoms with Gasteiger partial charge in [-0.25, -0.2) is 0 Å². The number of fused-ring (bicyclic) bond motifs is 3. The van der Waals surface area contributed by atoms with Gasteiger partial charge in [0.2, 0.25) is 0 Å². The summed E-state index contributed by atoms with van der Waals surface area (Å²) in [6.07, 6.45) is 0.978. The minimum Gasteiger partial charge on any atom is -0.493 e. The van der Waals surface area contributed by atoms with Gasteiger partial charge in [0.25, 0.3) is 5.91 Å². The first kappa shape index (κ1) is 29.5. The number of benzene rings is 2. The fourth-order valence-corrected chi connectivity index (χ4v) is 5.32. The van der Waals surface area contributed by atoms with Crippen molar-refractivity contribution in [2.45, 2.75) is 25.3 Å². The van der Waals surface area contributed by atoms with Crippen LogP contribution >= 0.6 is 0 Å². The molecule has 2 aromatic carbocycles. The van der Waals surface area contributed by atoms with Crippen molar-refractivity contribution in [2.75, 3.05) is 74.4 Å². The molecule has 2 aromatic rings. The molecule has 2 N–H and O–H groups in total. The fourth-order valence-electron chi connectivity index (χ4n) is 5.32. The molecule has 1 amide bonds. The van der Waals surface area contributed by atoms with Crippen LogP contribution in [0.1, 0.15) is 46.3 Å². The molecule has 2 aliphatic heterocycles. The monoisotopic (exact) mass is 551 g/mol. The van der Waals surface area contributed by atoms with Gasteiger partial charge in [-0.2, -0.15) is 0 Å². The Balaban J connectivity index is 1.59. The lowest BCUT2D eigenvalue weighted by molar-refractivity contribution is 0.0965. The molecule has 10 nitrogen and oxygen atoms in total. The van der Waals surface area contributed by atoms with E-state index in [0.717, 1.165) is 42.1 Å². The summed E-state index contributed by atoms with van der Waals surface area (Å²) in [6, 6.07) is 11.7. The van der Waals surface area contributed by atoms with Crippen LogP contribution < -0.4 is 14.8 Å². The number of methoxy groups -OCH3 is 3. The van der Waals surface area contributed by atoms with Gasteiger partial charge in [0.15, 0.2) is 17.5 Å². The highest BCUT2D eigenvalue weighted by atomic mass is 16.5. The Bertz CT molecular complexity index is 1210. The summed E-state index contributed by atoms with van der Waals surface area (Å²) in [6.45, 7) is 6.29. The molecule has 0 aromatic heterocycles. The smallest absolute Gasteiger partial charge is 0.257 e. The number of rotatable bonds is 11. The summed E-state index contributed by atoms with van der Waals surface area (Å²) in [5.74, 6) is 1.37. The lowest BCUT2D eigenvalue weighted by Gasteiger charge is -2.39. The van der Waals surface area contributed by atoms with Crippen LogP contribution in [0.4, 0.5) is 0 Å². The predicted octanol–water partition coefficient (Wildman–Crippen LogP) is 2.99. The van der Waals surface area contributed by atoms with Crippen LogP contribution in [0.3, 0.4) is 0 Å². The number of ether oxygens (including phenoxy) is 4. The second-order valence-corrected chi connectivity index (χ2v) is 10.1. The van der Waals surface area contributed by atoms with E-state index < -0.39 is 0 Å². The number of likely N-dealkylation sites (N-methyl/N-ethyl adjacent to an activating group) is 1. The topological polar surface area (TPSA) is 109 Å². The van der Waals surface area contributed by atoms with Crippen molar-refractivity contribution in [3.8, 4) is 11.5 Å². The number of piperidine rings is 1. The summed E-state index contributed by atoms with van der Waals surface area (Å²) in [5, 5.41) is 11.1. The maximum atomic E-state index is 13.0. The number of hydrogen-bond donors (Lipinski definition) is 2. The third-order valence-corrected chi connectivity index (χ3v) is 7.46. The number of guanidine groups is 1. The number of hydrogen-bond acceptors (Lipinski definition) is 8. The Hall–Kier alpha value is -3.47. The maximum absolute atomic E-state index is 13.0. The summed E-state index contributed by atoms with van der Waals surface area (Å²) in [7, 11) is 7.01. The highest BCUT2D eigenvalue weighted by Crippen LogP contribution is 2.42. The molecule has 0 spiro atoms. The van der Waals surface area contributed by atoms with E-state index >= 15 is 0 Å². The van der Waals surface area contributed by atoms with Gasteiger partial charge in [-0.05, 0) is 56.8 Å². The van der Waals surface area contributed by atoms with Crippen LogP contribution in [-0.2, 0) is 9.47 Å². The number of aliphatic imine (C=N–C) groups is 1. The van der Waals surface area contributed by atoms with Crippen molar-refractivity contribution >= 4 is 17.6 Å². The molecule has 0 saturated carbocycles. The Morgan fingerprint density at radius 3 is 2.42 bits per heavy atom. The normalized spacial score (nSPS) is 18.3. The van der Waals surface area contributed by atoms with Crippen LogP contribution in [0, 0.1) is 5.41 Å². The van der Waals surface area contributed by atoms with Gasteiger partial charge in [0.05, 0.1) is 38.7 Å². The molecule has 0 radical (unpaired) electrons. The van der Waals surface area contributed by atoms with E-state index in [4.69, 9.17) is 29.3 Å². The Labute approximate surface area is 236 Å². The van der Waals surface area contributed by atoms with E-state index in [1.54, 1.807) is 38.4 Å². The zero-order valence-electron chi connectivity index (χ0n) is 24.2. The molecule has 0 aliphatic carbocycles. The number of amides is 1. The highest BCUT2D eigenvalue weighted by molar-refractivity contribution is 6.15. The van der Waals surface area contributed by atoms with Gasteiger partial charge in [0.1, 0.15) is 0 Å². The lowest BCUT2D eigenvalue weighted by atomic mass is 9.79. The van der Waals surface area contributed by atoms with Crippen molar-refractivity contribution < 1.29 is 23.7 Å². The third kappa shape index (κ3) is 6.63. The van der Waals surface area contributed by atoms with E-state index in [2.05, 4.69) is 23.3 Å². The molecule has 0 unspecified atom stereocenters. The first-order valence-electron chi connectivity index (χ1n) is 13.7. The lowest BCUT2D eigenvalue weighted by Crippen LogP contribution is -2.46. The van der Waals surface area contributed by atoms with Crippen LogP contribution in [0.5, 0.6) is 11.5 Å². The predicted molar refractivity (Wildman–Crippen MR) is 155 cm³/mol. The average Bonchev–Trinajstić information content (AvgIpc) is 2.96. The molecular weight excluding hydrogens is 510 g/mol. The molecule has 1 fully saturated rings. The van der Waals surface area contributed by atoms with Crippen molar-refractivity contribution in [3.63, 3.8) is 0 Å². The standard InChI is InChI=1S/C30H41N5O5/c1-6-40-27-17-22-23(18-26(27)39-5)28(32-25-11-12-34(2)19-24(22)25)20-7-9-21(10-8-20)29(36)33-30(31)35(13-15-37-3)14-16-38-4/h7-10,17-18,24-25H,6,11-16,19H2,1-5H3,(H2,31,33,36)/t24-,25-/m1/s1. The van der Waals surface area contributed by atoms with Gasteiger partial charge in [-0.3, -0.25) is 20.5 Å². The summed E-state index contributed by atoms with van der Waals surface area (Å²) in [4.78, 5) is 22.3. The zero-order chi connectivity index (χ0) is 28.6. The molecule has 2 heterocycles. The second-order valence-electron chi connectivity index (χ2n) is 10.1. The van der Waals surface area contributed by atoms with E-state index in [0.29, 0.717) is 44.2 Å². The number of nitrogens with zero attached hydrogens (tertiary/aromatic N) is 3. The van der Waals surface area contributed by atoms with Crippen molar-refractivity contribution in [2.24, 2.45) is 4.99 Å². The molecule has 40 heavy (non-hydrogen) atoms. The van der Waals surface area contributed by atoms with E-state index in [1.807, 2.05) is 25.1 Å². The van der Waals surface area contributed by atoms with Gasteiger partial charge in [0, 0.05) is 56.5 Å². The van der Waals surface area contributed by atoms with Crippen LogP contribution in [-0.4, -0.2) is 108 Å². The quantitative estimate of drug-likeness (QED) is 0.327. The molecule has 0 bridgehead atoms. The first-order valence-corrected chi connectivity index (χ1v) is 13.7. The van der Waals surface area contributed by atoms with Gasteiger partial charge in [-0.1, -0.05) is 12.1 Å². The molecule has 216 valence electrons. The Kier molecular flexibility index (Phi) is 10.1. The second kappa shape index (κ2) is 13.7. The summed E-state index contributed by atoms with van der Waals surface area (Å²) < 4.78 is 21.9. The third-order valence-electron chi connectivity index (χ3n) is 7.46. The van der Waals surface area contributed by atoms with Crippen molar-refractivity contribution in [1.29, 1.82) is 5.41 Å². The van der Waals surface area contributed by atoms with E-state index in [1.165, 1.54) is 5.56 Å². The van der Waals surface area contributed by atoms with Crippen LogP contribution in [0.2, 0.25) is 0 Å². The number of likely N-dealkylation sites (tertiary alicyclic amines) is 1. The maximum Gasteiger partial charge on any atom is 0.257 e. The zero-order valence-corrected chi connectivity index (χ0v) is 24.2. The summed E-state index contributed by atoms with van der Waals surface area (Å²) >= 11 is 0. The largest absolute Gasteiger partial charge is 0.493 e. The fraction of sp³-hybridized carbons (Fsp3) is 0.500. The van der Waals surface area contributed by atoms with Crippen LogP contribution in [0.25, 0.3) is 0 Å². The molecule has 2 atom stereocenters. The van der Waals surface area contributed by atoms with Crippen molar-refractivity contribution in [1.82, 2.24) is 15.1 Å². The van der Waals surface area contributed by atoms with Crippen molar-refractivity contribution in [3.05, 3.63) is 58.7 Å². The Morgan fingerprint density at radius 2 is 1.80 bits per heavy atom. The molecule has 4 rings (SSSR count). The number of carbonyl (C=O) groups is 1. The summed E-state index contributed by atoms with van der Waals surface area (Å²) in [5.41, 5.74) is 4.53. The molecule has 10 heteroatoms. The van der Waals surface area contributed by atoms with Crippen LogP contribution in [0.15, 0.2) is 41.4 Å². The van der Waals surface area contributed by atoms with Gasteiger partial charge in [-0.15, -0.1) is 0 Å². The van der Waals surface area contributed by atoms with E-state index in [9.17, 15) is 4.79 Å². The van der Waals surface area contributed by atoms with E-state index in [-0.39, 0.29) is 23.8 Å². The minimum absolute atomic E-state index is 0.0132. The van der Waals surface area contributed by atoms with Gasteiger partial charge >= 0.3 is 0 Å². The molecular formula is C30H41N5O5. The number of carbonyl (C=O) groups excluding carboxylic acids is 1. The first-order chi connectivity index (χ1) is 19.4. The average molecular weight is 552 g/mol. The van der Waals surface area contributed by atoms with Gasteiger partial charge < -0.3 is 28.7 Å². The minimum atomic E-state index is -0.347. The Morgan fingerprint density at radius 1 is 1.10 bits per heavy atom.